The van der Waals surface area contributed by atoms with Crippen LogP contribution >= 0.6 is 35.0 Å². The first-order valence-electron chi connectivity index (χ1n) is 7.37. The normalized spacial score (nSPS) is 11.1. The van der Waals surface area contributed by atoms with E-state index in [0.29, 0.717) is 15.6 Å². The molecule has 0 aliphatic heterocycles. The number of carbonyl (C=O) groups is 1. The monoisotopic (exact) mass is 389 g/mol. The summed E-state index contributed by atoms with van der Waals surface area (Å²) >= 11 is 13.3. The molecule has 0 unspecified atom stereocenters. The van der Waals surface area contributed by atoms with E-state index in [9.17, 15) is 4.79 Å². The van der Waals surface area contributed by atoms with E-state index < -0.39 is 0 Å². The van der Waals surface area contributed by atoms with Crippen molar-refractivity contribution in [3.05, 3.63) is 70.3 Å². The van der Waals surface area contributed by atoms with Crippen molar-refractivity contribution >= 4 is 58.0 Å². The minimum Gasteiger partial charge on any atom is -0.272 e. The second-order valence-corrected chi connectivity index (χ2v) is 6.94. The lowest BCUT2D eigenvalue weighted by Crippen LogP contribution is -2.19. The molecule has 3 rings (SSSR count). The molecular weight excluding hydrogens is 377 g/mol. The lowest BCUT2D eigenvalue weighted by molar-refractivity contribution is -0.118. The Morgan fingerprint density at radius 2 is 2.04 bits per heavy atom. The number of benzene rings is 2. The maximum absolute atomic E-state index is 12.0. The fourth-order valence-electron chi connectivity index (χ4n) is 2.15. The maximum Gasteiger partial charge on any atom is 0.250 e. The van der Waals surface area contributed by atoms with Gasteiger partial charge in [0.05, 0.1) is 22.5 Å². The van der Waals surface area contributed by atoms with Crippen molar-refractivity contribution in [2.24, 2.45) is 5.10 Å². The third-order valence-corrected chi connectivity index (χ3v) is 4.92. The molecule has 126 valence electrons. The molecule has 2 aromatic carbocycles. The number of pyridine rings is 1. The number of hydrogen-bond acceptors (Lipinski definition) is 4. The van der Waals surface area contributed by atoms with E-state index in [-0.39, 0.29) is 11.7 Å². The number of rotatable bonds is 5. The van der Waals surface area contributed by atoms with Crippen molar-refractivity contribution in [2.45, 2.75) is 4.90 Å². The molecule has 0 bridgehead atoms. The van der Waals surface area contributed by atoms with Gasteiger partial charge in [0.25, 0.3) is 0 Å². The molecule has 0 saturated heterocycles. The number of thioether (sulfide) groups is 1. The average Bonchev–Trinajstić information content (AvgIpc) is 2.62. The molecule has 0 aliphatic carbocycles. The summed E-state index contributed by atoms with van der Waals surface area (Å²) in [7, 11) is 0. The molecule has 1 heterocycles. The lowest BCUT2D eigenvalue weighted by Gasteiger charge is -2.04. The summed E-state index contributed by atoms with van der Waals surface area (Å²) in [6.45, 7) is 0. The maximum atomic E-state index is 12.0. The average molecular weight is 390 g/mol. The van der Waals surface area contributed by atoms with E-state index in [0.717, 1.165) is 15.8 Å². The van der Waals surface area contributed by atoms with Gasteiger partial charge in [0.2, 0.25) is 5.91 Å². The third kappa shape index (κ3) is 4.72. The summed E-state index contributed by atoms with van der Waals surface area (Å²) in [5.41, 5.74) is 4.06. The van der Waals surface area contributed by atoms with Crippen LogP contribution < -0.4 is 5.43 Å². The predicted octanol–water partition coefficient (Wildman–Crippen LogP) is 4.78. The first-order valence-corrected chi connectivity index (χ1v) is 9.11. The summed E-state index contributed by atoms with van der Waals surface area (Å²) in [5, 5.41) is 5.99. The molecule has 0 spiro atoms. The fourth-order valence-corrected chi connectivity index (χ4v) is 3.44. The van der Waals surface area contributed by atoms with Crippen LogP contribution in [0.25, 0.3) is 10.9 Å². The van der Waals surface area contributed by atoms with Gasteiger partial charge in [-0.15, -0.1) is 11.8 Å². The number of para-hydroxylation sites is 1. The van der Waals surface area contributed by atoms with Crippen molar-refractivity contribution in [2.75, 3.05) is 5.75 Å². The number of amides is 1. The van der Waals surface area contributed by atoms with Crippen molar-refractivity contribution < 1.29 is 4.79 Å². The number of nitrogens with one attached hydrogen (secondary N) is 1. The van der Waals surface area contributed by atoms with Crippen molar-refractivity contribution in [3.63, 3.8) is 0 Å². The smallest absolute Gasteiger partial charge is 0.250 e. The van der Waals surface area contributed by atoms with Gasteiger partial charge in [-0.25, -0.2) is 5.43 Å². The molecule has 0 radical (unpaired) electrons. The van der Waals surface area contributed by atoms with Crippen LogP contribution in [0.3, 0.4) is 0 Å². The molecule has 1 N–H and O–H groups in total. The lowest BCUT2D eigenvalue weighted by atomic mass is 10.2. The minimum atomic E-state index is -0.209. The number of fused-ring (bicyclic) bond motifs is 1. The molecule has 0 aliphatic rings. The minimum absolute atomic E-state index is 0.209. The highest BCUT2D eigenvalue weighted by atomic mass is 35.5. The van der Waals surface area contributed by atoms with Crippen molar-refractivity contribution in [1.29, 1.82) is 0 Å². The summed E-state index contributed by atoms with van der Waals surface area (Å²) in [4.78, 5) is 17.3. The summed E-state index contributed by atoms with van der Waals surface area (Å²) in [6, 6.07) is 14.8. The number of halogens is 2. The standard InChI is InChI=1S/C18H13Cl2N3OS/c19-14-7-6-13(15(20)9-14)10-22-23-17(24)11-25-16-5-1-3-12-4-2-8-21-18(12)16/h1-10H,11H2,(H,23,24). The number of carbonyl (C=O) groups excluding carboxylic acids is 1. The van der Waals surface area contributed by atoms with Crippen LogP contribution in [-0.2, 0) is 4.79 Å². The van der Waals surface area contributed by atoms with Gasteiger partial charge in [0.15, 0.2) is 0 Å². The Bertz CT molecular complexity index is 941. The van der Waals surface area contributed by atoms with Gasteiger partial charge >= 0.3 is 0 Å². The zero-order chi connectivity index (χ0) is 17.6. The molecule has 3 aromatic rings. The number of aromatic nitrogens is 1. The van der Waals surface area contributed by atoms with Gasteiger partial charge in [-0.2, -0.15) is 5.10 Å². The van der Waals surface area contributed by atoms with Gasteiger partial charge in [0.1, 0.15) is 0 Å². The van der Waals surface area contributed by atoms with Gasteiger partial charge in [0, 0.05) is 27.1 Å². The van der Waals surface area contributed by atoms with Crippen LogP contribution in [0.1, 0.15) is 5.56 Å². The van der Waals surface area contributed by atoms with E-state index in [1.54, 1.807) is 24.4 Å². The van der Waals surface area contributed by atoms with Gasteiger partial charge < -0.3 is 0 Å². The van der Waals surface area contributed by atoms with Crippen LogP contribution in [0.15, 0.2) is 64.7 Å². The van der Waals surface area contributed by atoms with Crippen molar-refractivity contribution in [1.82, 2.24) is 10.4 Å². The highest BCUT2D eigenvalue weighted by Crippen LogP contribution is 2.25. The van der Waals surface area contributed by atoms with Gasteiger partial charge in [-0.1, -0.05) is 47.5 Å². The second-order valence-electron chi connectivity index (χ2n) is 5.08. The Balaban J connectivity index is 1.58. The highest BCUT2D eigenvalue weighted by molar-refractivity contribution is 8.00. The van der Waals surface area contributed by atoms with Crippen LogP contribution in [0.2, 0.25) is 10.0 Å². The second kappa shape index (κ2) is 8.34. The molecule has 0 atom stereocenters. The van der Waals surface area contributed by atoms with E-state index in [2.05, 4.69) is 15.5 Å². The number of hydrogen-bond donors (Lipinski definition) is 1. The van der Waals surface area contributed by atoms with Crippen molar-refractivity contribution in [3.8, 4) is 0 Å². The number of nitrogens with zero attached hydrogens (tertiary/aromatic N) is 2. The van der Waals surface area contributed by atoms with Crippen LogP contribution in [0.5, 0.6) is 0 Å². The Labute approximate surface area is 159 Å². The topological polar surface area (TPSA) is 54.4 Å². The highest BCUT2D eigenvalue weighted by Gasteiger charge is 2.06. The first kappa shape index (κ1) is 17.7. The summed E-state index contributed by atoms with van der Waals surface area (Å²) < 4.78 is 0. The molecule has 1 amide bonds. The SMILES string of the molecule is O=C(CSc1cccc2cccnc12)NN=Cc1ccc(Cl)cc1Cl. The molecule has 0 fully saturated rings. The van der Waals surface area contributed by atoms with Crippen LogP contribution in [-0.4, -0.2) is 22.9 Å². The van der Waals surface area contributed by atoms with Crippen LogP contribution in [0, 0.1) is 0 Å². The third-order valence-electron chi connectivity index (χ3n) is 3.31. The summed E-state index contributed by atoms with van der Waals surface area (Å²) in [5.74, 6) is 0.0285. The van der Waals surface area contributed by atoms with E-state index in [1.165, 1.54) is 18.0 Å². The molecule has 25 heavy (non-hydrogen) atoms. The van der Waals surface area contributed by atoms with E-state index in [4.69, 9.17) is 23.2 Å². The zero-order valence-corrected chi connectivity index (χ0v) is 15.3. The largest absolute Gasteiger partial charge is 0.272 e. The molecule has 7 heteroatoms. The van der Waals surface area contributed by atoms with Gasteiger partial charge in [-0.05, 0) is 24.3 Å². The quantitative estimate of drug-likeness (QED) is 0.387. The molecule has 1 aromatic heterocycles. The van der Waals surface area contributed by atoms with E-state index >= 15 is 0 Å². The fraction of sp³-hybridized carbons (Fsp3) is 0.0556. The first-order chi connectivity index (χ1) is 12.1. The summed E-state index contributed by atoms with van der Waals surface area (Å²) in [6.07, 6.45) is 3.23. The molecule has 0 saturated carbocycles. The van der Waals surface area contributed by atoms with Crippen LogP contribution in [0.4, 0.5) is 0 Å². The molecular formula is C18H13Cl2N3OS. The number of hydrazone groups is 1. The van der Waals surface area contributed by atoms with Gasteiger partial charge in [-0.3, -0.25) is 9.78 Å². The van der Waals surface area contributed by atoms with E-state index in [1.807, 2.05) is 30.3 Å². The Hall–Kier alpha value is -2.08. The Morgan fingerprint density at radius 1 is 1.20 bits per heavy atom. The molecule has 4 nitrogen and oxygen atoms in total. The Morgan fingerprint density at radius 3 is 2.88 bits per heavy atom. The predicted molar refractivity (Wildman–Crippen MR) is 105 cm³/mol. The Kier molecular flexibility index (Phi) is 5.91. The zero-order valence-electron chi connectivity index (χ0n) is 12.9.